The summed E-state index contributed by atoms with van der Waals surface area (Å²) in [4.78, 5) is 2.62. The second kappa shape index (κ2) is 3.82. The number of likely N-dealkylation sites (tertiary alicyclic amines) is 1. The molecule has 0 aliphatic carbocycles. The molecule has 0 saturated carbocycles. The van der Waals surface area contributed by atoms with Gasteiger partial charge in [-0.05, 0) is 58.5 Å². The Morgan fingerprint density at radius 2 is 1.93 bits per heavy atom. The lowest BCUT2D eigenvalue weighted by Gasteiger charge is -2.40. The average molecular weight is 196 g/mol. The van der Waals surface area contributed by atoms with E-state index >= 15 is 0 Å². The molecule has 2 heteroatoms. The van der Waals surface area contributed by atoms with Gasteiger partial charge in [0.1, 0.15) is 0 Å². The summed E-state index contributed by atoms with van der Waals surface area (Å²) in [7, 11) is 0. The summed E-state index contributed by atoms with van der Waals surface area (Å²) in [5, 5.41) is 3.61. The maximum absolute atomic E-state index is 3.61. The van der Waals surface area contributed by atoms with Crippen LogP contribution in [0.2, 0.25) is 0 Å². The van der Waals surface area contributed by atoms with Gasteiger partial charge in [-0.3, -0.25) is 0 Å². The number of nitrogens with one attached hydrogen (secondary N) is 1. The van der Waals surface area contributed by atoms with E-state index in [0.717, 1.165) is 12.1 Å². The van der Waals surface area contributed by atoms with Crippen LogP contribution in [0.15, 0.2) is 0 Å². The summed E-state index contributed by atoms with van der Waals surface area (Å²) in [5.41, 5.74) is 0.658. The third kappa shape index (κ3) is 1.96. The molecule has 2 aliphatic rings. The molecule has 0 bridgehead atoms. The van der Waals surface area contributed by atoms with Gasteiger partial charge in [0.05, 0.1) is 0 Å². The van der Waals surface area contributed by atoms with Crippen molar-refractivity contribution < 1.29 is 0 Å². The Kier molecular flexibility index (Phi) is 2.85. The second-order valence-electron chi connectivity index (χ2n) is 5.62. The van der Waals surface area contributed by atoms with Crippen LogP contribution in [0.4, 0.5) is 0 Å². The summed E-state index contributed by atoms with van der Waals surface area (Å²) in [6, 6.07) is 1.49. The standard InChI is InChI=1S/C12H24N2/c1-10(2)14-6-4-12(5-7-14)8-11(3)13-9-12/h10-11,13H,4-9H2,1-3H3/t11-/m1/s1. The molecule has 1 spiro atoms. The van der Waals surface area contributed by atoms with Crippen molar-refractivity contribution >= 4 is 0 Å². The van der Waals surface area contributed by atoms with Gasteiger partial charge < -0.3 is 10.2 Å². The molecule has 0 radical (unpaired) electrons. The molecule has 0 aromatic carbocycles. The molecule has 2 aliphatic heterocycles. The predicted octanol–water partition coefficient (Wildman–Crippen LogP) is 1.86. The average Bonchev–Trinajstić information content (AvgIpc) is 2.48. The Morgan fingerprint density at radius 1 is 1.29 bits per heavy atom. The fraction of sp³-hybridized carbons (Fsp3) is 1.00. The van der Waals surface area contributed by atoms with E-state index < -0.39 is 0 Å². The normalized spacial score (nSPS) is 33.0. The Bertz CT molecular complexity index is 192. The number of hydrogen-bond donors (Lipinski definition) is 1. The summed E-state index contributed by atoms with van der Waals surface area (Å²) >= 11 is 0. The van der Waals surface area contributed by atoms with Crippen LogP contribution in [0.5, 0.6) is 0 Å². The van der Waals surface area contributed by atoms with Gasteiger partial charge in [0, 0.05) is 18.6 Å². The van der Waals surface area contributed by atoms with Gasteiger partial charge in [0.25, 0.3) is 0 Å². The summed E-state index contributed by atoms with van der Waals surface area (Å²) in [6.07, 6.45) is 4.21. The molecule has 0 aromatic heterocycles. The van der Waals surface area contributed by atoms with Gasteiger partial charge >= 0.3 is 0 Å². The van der Waals surface area contributed by atoms with Crippen molar-refractivity contribution in [3.63, 3.8) is 0 Å². The predicted molar refractivity (Wildman–Crippen MR) is 60.5 cm³/mol. The van der Waals surface area contributed by atoms with Crippen LogP contribution in [0.3, 0.4) is 0 Å². The zero-order valence-electron chi connectivity index (χ0n) is 9.84. The molecule has 14 heavy (non-hydrogen) atoms. The highest BCUT2D eigenvalue weighted by Crippen LogP contribution is 2.39. The highest BCUT2D eigenvalue weighted by molar-refractivity contribution is 4.95. The monoisotopic (exact) mass is 196 g/mol. The molecule has 2 nitrogen and oxygen atoms in total. The molecule has 2 fully saturated rings. The summed E-state index contributed by atoms with van der Waals surface area (Å²) in [6.45, 7) is 10.8. The van der Waals surface area contributed by atoms with E-state index in [2.05, 4.69) is 31.0 Å². The molecule has 82 valence electrons. The molecule has 0 amide bonds. The molecule has 2 heterocycles. The van der Waals surface area contributed by atoms with Crippen molar-refractivity contribution in [1.82, 2.24) is 10.2 Å². The van der Waals surface area contributed by atoms with Gasteiger partial charge in [0.15, 0.2) is 0 Å². The first-order valence-corrected chi connectivity index (χ1v) is 6.09. The largest absolute Gasteiger partial charge is 0.314 e. The Labute approximate surface area is 88.1 Å². The van der Waals surface area contributed by atoms with Gasteiger partial charge in [-0.15, -0.1) is 0 Å². The molecular weight excluding hydrogens is 172 g/mol. The Morgan fingerprint density at radius 3 is 2.36 bits per heavy atom. The van der Waals surface area contributed by atoms with Gasteiger partial charge in [-0.2, -0.15) is 0 Å². The second-order valence-corrected chi connectivity index (χ2v) is 5.62. The number of hydrogen-bond acceptors (Lipinski definition) is 2. The highest BCUT2D eigenvalue weighted by atomic mass is 15.2. The van der Waals surface area contributed by atoms with Gasteiger partial charge in [-0.25, -0.2) is 0 Å². The minimum atomic E-state index is 0.658. The van der Waals surface area contributed by atoms with Gasteiger partial charge in [0.2, 0.25) is 0 Å². The first-order valence-electron chi connectivity index (χ1n) is 6.09. The van der Waals surface area contributed by atoms with Gasteiger partial charge in [-0.1, -0.05) is 0 Å². The molecule has 1 N–H and O–H groups in total. The number of rotatable bonds is 1. The van der Waals surface area contributed by atoms with Crippen LogP contribution in [0.25, 0.3) is 0 Å². The quantitative estimate of drug-likeness (QED) is 0.688. The van der Waals surface area contributed by atoms with Crippen LogP contribution in [0.1, 0.15) is 40.0 Å². The highest BCUT2D eigenvalue weighted by Gasteiger charge is 2.39. The fourth-order valence-corrected chi connectivity index (χ4v) is 3.08. The summed E-state index contributed by atoms with van der Waals surface area (Å²) in [5.74, 6) is 0. The minimum Gasteiger partial charge on any atom is -0.314 e. The number of nitrogens with zero attached hydrogens (tertiary/aromatic N) is 1. The lowest BCUT2D eigenvalue weighted by Crippen LogP contribution is -2.44. The molecular formula is C12H24N2. The van der Waals surface area contributed by atoms with Crippen LogP contribution in [0, 0.1) is 5.41 Å². The topological polar surface area (TPSA) is 15.3 Å². The van der Waals surface area contributed by atoms with E-state index in [0.29, 0.717) is 5.41 Å². The van der Waals surface area contributed by atoms with Crippen LogP contribution in [-0.4, -0.2) is 36.6 Å². The maximum atomic E-state index is 3.61. The molecule has 2 rings (SSSR count). The minimum absolute atomic E-state index is 0.658. The smallest absolute Gasteiger partial charge is 0.00447 e. The van der Waals surface area contributed by atoms with E-state index in [1.54, 1.807) is 0 Å². The van der Waals surface area contributed by atoms with E-state index in [9.17, 15) is 0 Å². The molecule has 0 aromatic rings. The van der Waals surface area contributed by atoms with Crippen molar-refractivity contribution in [3.05, 3.63) is 0 Å². The first-order chi connectivity index (χ1) is 6.61. The third-order valence-corrected chi connectivity index (χ3v) is 4.15. The van der Waals surface area contributed by atoms with E-state index in [1.807, 2.05) is 0 Å². The van der Waals surface area contributed by atoms with Crippen molar-refractivity contribution in [3.8, 4) is 0 Å². The van der Waals surface area contributed by atoms with E-state index in [4.69, 9.17) is 0 Å². The lowest BCUT2D eigenvalue weighted by atomic mass is 9.76. The van der Waals surface area contributed by atoms with Crippen molar-refractivity contribution in [2.45, 2.75) is 52.1 Å². The molecule has 0 unspecified atom stereocenters. The number of piperidine rings is 1. The summed E-state index contributed by atoms with van der Waals surface area (Å²) < 4.78 is 0. The van der Waals surface area contributed by atoms with Crippen molar-refractivity contribution in [2.75, 3.05) is 19.6 Å². The molecule has 2 saturated heterocycles. The third-order valence-electron chi connectivity index (χ3n) is 4.15. The van der Waals surface area contributed by atoms with E-state index in [-0.39, 0.29) is 0 Å². The van der Waals surface area contributed by atoms with Crippen molar-refractivity contribution in [1.29, 1.82) is 0 Å². The first kappa shape index (κ1) is 10.4. The van der Waals surface area contributed by atoms with Crippen molar-refractivity contribution in [2.24, 2.45) is 5.41 Å². The van der Waals surface area contributed by atoms with Crippen LogP contribution >= 0.6 is 0 Å². The zero-order chi connectivity index (χ0) is 10.2. The SMILES string of the molecule is CC(C)N1CCC2(CC1)CN[C@H](C)C2. The zero-order valence-corrected chi connectivity index (χ0v) is 9.84. The van der Waals surface area contributed by atoms with Crippen LogP contribution in [-0.2, 0) is 0 Å². The lowest BCUT2D eigenvalue weighted by molar-refractivity contribution is 0.0943. The Balaban J connectivity index is 1.89. The maximum Gasteiger partial charge on any atom is 0.00447 e. The Hall–Kier alpha value is -0.0800. The van der Waals surface area contributed by atoms with Crippen LogP contribution < -0.4 is 5.32 Å². The fourth-order valence-electron chi connectivity index (χ4n) is 3.08. The van der Waals surface area contributed by atoms with E-state index in [1.165, 1.54) is 38.9 Å². The molecule has 1 atom stereocenters.